The second kappa shape index (κ2) is 6.91. The Kier molecular flexibility index (Phi) is 4.86. The van der Waals surface area contributed by atoms with Crippen molar-refractivity contribution >= 4 is 11.9 Å². The van der Waals surface area contributed by atoms with Crippen LogP contribution >= 0.6 is 0 Å². The van der Waals surface area contributed by atoms with Crippen LogP contribution in [0.25, 0.3) is 0 Å². The highest BCUT2D eigenvalue weighted by atomic mass is 16.6. The quantitative estimate of drug-likeness (QED) is 0.763. The summed E-state index contributed by atoms with van der Waals surface area (Å²) >= 11 is 0. The predicted octanol–water partition coefficient (Wildman–Crippen LogP) is 3.58. The second-order valence-electron chi connectivity index (χ2n) is 9.42. The maximum Gasteiger partial charge on any atom is 0.332 e. The van der Waals surface area contributed by atoms with Crippen LogP contribution in [-0.4, -0.2) is 31.2 Å². The zero-order valence-electron chi connectivity index (χ0n) is 16.9. The SMILES string of the molecule is CCOC(=O)CO[C@H]1CCC2C3CC=C4NC(=O)CC[C@]4(C)C3CC[C@@]21C. The molecule has 1 amide bonds. The third-order valence-electron chi connectivity index (χ3n) is 8.23. The monoisotopic (exact) mass is 375 g/mol. The minimum atomic E-state index is -0.256. The van der Waals surface area contributed by atoms with Gasteiger partial charge in [-0.15, -0.1) is 0 Å². The Morgan fingerprint density at radius 3 is 2.81 bits per heavy atom. The van der Waals surface area contributed by atoms with E-state index in [-0.39, 0.29) is 35.4 Å². The van der Waals surface area contributed by atoms with Crippen molar-refractivity contribution in [1.29, 1.82) is 0 Å². The topological polar surface area (TPSA) is 64.6 Å². The van der Waals surface area contributed by atoms with Crippen LogP contribution in [-0.2, 0) is 19.1 Å². The van der Waals surface area contributed by atoms with Crippen molar-refractivity contribution in [2.75, 3.05) is 13.2 Å². The van der Waals surface area contributed by atoms with E-state index in [1.807, 2.05) is 6.92 Å². The molecule has 3 unspecified atom stereocenters. The van der Waals surface area contributed by atoms with E-state index in [1.165, 1.54) is 18.5 Å². The van der Waals surface area contributed by atoms with E-state index in [0.717, 1.165) is 25.7 Å². The average molecular weight is 376 g/mol. The molecule has 3 fully saturated rings. The van der Waals surface area contributed by atoms with Crippen LogP contribution in [0.15, 0.2) is 11.8 Å². The third kappa shape index (κ3) is 3.02. The van der Waals surface area contributed by atoms with Gasteiger partial charge in [-0.1, -0.05) is 19.9 Å². The van der Waals surface area contributed by atoms with Crippen LogP contribution in [0.2, 0.25) is 0 Å². The number of hydrogen-bond donors (Lipinski definition) is 1. The van der Waals surface area contributed by atoms with E-state index in [9.17, 15) is 9.59 Å². The molecule has 0 aromatic rings. The molecule has 0 radical (unpaired) electrons. The first-order valence-corrected chi connectivity index (χ1v) is 10.7. The van der Waals surface area contributed by atoms with E-state index in [4.69, 9.17) is 9.47 Å². The first kappa shape index (κ1) is 19.0. The van der Waals surface area contributed by atoms with Gasteiger partial charge in [0.15, 0.2) is 0 Å². The molecular formula is C22H33NO4. The maximum absolute atomic E-state index is 11.9. The van der Waals surface area contributed by atoms with Crippen molar-refractivity contribution < 1.29 is 19.1 Å². The van der Waals surface area contributed by atoms with Crippen LogP contribution in [0.3, 0.4) is 0 Å². The fraction of sp³-hybridized carbons (Fsp3) is 0.818. The summed E-state index contributed by atoms with van der Waals surface area (Å²) in [6.45, 7) is 7.04. The summed E-state index contributed by atoms with van der Waals surface area (Å²) in [4.78, 5) is 23.6. The van der Waals surface area contributed by atoms with Crippen molar-refractivity contribution in [3.8, 4) is 0 Å². The van der Waals surface area contributed by atoms with Crippen LogP contribution in [0.5, 0.6) is 0 Å². The number of allylic oxidation sites excluding steroid dienone is 2. The highest BCUT2D eigenvalue weighted by Gasteiger charge is 2.59. The molecule has 3 aliphatic carbocycles. The smallest absolute Gasteiger partial charge is 0.332 e. The fourth-order valence-corrected chi connectivity index (χ4v) is 6.79. The molecule has 5 heteroatoms. The predicted molar refractivity (Wildman–Crippen MR) is 102 cm³/mol. The highest BCUT2D eigenvalue weighted by Crippen LogP contribution is 2.64. The van der Waals surface area contributed by atoms with Crippen LogP contribution in [0.4, 0.5) is 0 Å². The Bertz CT molecular complexity index is 659. The van der Waals surface area contributed by atoms with Crippen molar-refractivity contribution in [2.45, 2.75) is 71.8 Å². The van der Waals surface area contributed by atoms with Crippen molar-refractivity contribution in [2.24, 2.45) is 28.6 Å². The molecule has 27 heavy (non-hydrogen) atoms. The highest BCUT2D eigenvalue weighted by molar-refractivity contribution is 5.79. The van der Waals surface area contributed by atoms with E-state index < -0.39 is 0 Å². The lowest BCUT2D eigenvalue weighted by Gasteiger charge is -2.57. The summed E-state index contributed by atoms with van der Waals surface area (Å²) in [5.41, 5.74) is 1.44. The molecule has 0 spiro atoms. The van der Waals surface area contributed by atoms with Gasteiger partial charge in [0.05, 0.1) is 12.7 Å². The lowest BCUT2D eigenvalue weighted by molar-refractivity contribution is -0.155. The lowest BCUT2D eigenvalue weighted by Crippen LogP contribution is -2.54. The van der Waals surface area contributed by atoms with Gasteiger partial charge in [-0.05, 0) is 68.6 Å². The molecule has 0 bridgehead atoms. The van der Waals surface area contributed by atoms with Gasteiger partial charge >= 0.3 is 5.97 Å². The summed E-state index contributed by atoms with van der Waals surface area (Å²) in [5.74, 6) is 1.85. The van der Waals surface area contributed by atoms with Crippen molar-refractivity contribution in [3.05, 3.63) is 11.8 Å². The second-order valence-corrected chi connectivity index (χ2v) is 9.42. The van der Waals surface area contributed by atoms with Crippen LogP contribution in [0.1, 0.15) is 65.7 Å². The molecule has 4 aliphatic rings. The standard InChI is InChI=1S/C22H33NO4/c1-4-26-20(25)13-27-18-8-6-15-14-5-7-17-21(2,12-10-19(24)23-17)16(14)9-11-22(15,18)3/h7,14-16,18H,4-6,8-13H2,1-3H3,(H,23,24)/t14?,15?,16?,18-,21+,22-/m0/s1. The summed E-state index contributed by atoms with van der Waals surface area (Å²) in [5, 5.41) is 3.16. The largest absolute Gasteiger partial charge is 0.464 e. The van der Waals surface area contributed by atoms with Gasteiger partial charge in [-0.25, -0.2) is 4.79 Å². The summed E-state index contributed by atoms with van der Waals surface area (Å²) in [6, 6.07) is 0. The fourth-order valence-electron chi connectivity index (χ4n) is 6.79. The normalized spacial score (nSPS) is 43.1. The molecule has 6 atom stereocenters. The third-order valence-corrected chi connectivity index (χ3v) is 8.23. The zero-order valence-corrected chi connectivity index (χ0v) is 16.9. The Hall–Kier alpha value is -1.36. The van der Waals surface area contributed by atoms with Crippen molar-refractivity contribution in [3.63, 3.8) is 0 Å². The van der Waals surface area contributed by atoms with E-state index in [0.29, 0.717) is 30.8 Å². The van der Waals surface area contributed by atoms with E-state index >= 15 is 0 Å². The van der Waals surface area contributed by atoms with Gasteiger partial charge in [0, 0.05) is 17.5 Å². The molecule has 5 nitrogen and oxygen atoms in total. The molecule has 1 N–H and O–H groups in total. The van der Waals surface area contributed by atoms with E-state index in [1.54, 1.807) is 0 Å². The van der Waals surface area contributed by atoms with Gasteiger partial charge < -0.3 is 14.8 Å². The average Bonchev–Trinajstić information content (AvgIpc) is 2.97. The van der Waals surface area contributed by atoms with Crippen molar-refractivity contribution in [1.82, 2.24) is 5.32 Å². The minimum Gasteiger partial charge on any atom is -0.464 e. The first-order valence-electron chi connectivity index (χ1n) is 10.7. The number of nitrogens with one attached hydrogen (secondary N) is 1. The number of ether oxygens (including phenoxy) is 2. The molecule has 4 rings (SSSR count). The number of carbonyl (C=O) groups is 2. The number of piperidine rings is 1. The number of fused-ring (bicyclic) bond motifs is 5. The summed E-state index contributed by atoms with van der Waals surface area (Å²) in [6.07, 6.45) is 9.66. The van der Waals surface area contributed by atoms with Gasteiger partial charge in [0.1, 0.15) is 6.61 Å². The molecule has 2 saturated carbocycles. The number of esters is 1. The van der Waals surface area contributed by atoms with Crippen LogP contribution < -0.4 is 5.32 Å². The molecule has 1 heterocycles. The number of rotatable bonds is 4. The van der Waals surface area contributed by atoms with E-state index in [2.05, 4.69) is 25.2 Å². The molecular weight excluding hydrogens is 342 g/mol. The molecule has 1 aliphatic heterocycles. The Morgan fingerprint density at radius 1 is 1.22 bits per heavy atom. The lowest BCUT2D eigenvalue weighted by atomic mass is 9.50. The summed E-state index contributed by atoms with van der Waals surface area (Å²) in [7, 11) is 0. The maximum atomic E-state index is 11.9. The number of carbonyl (C=O) groups excluding carboxylic acids is 2. The molecule has 0 aromatic carbocycles. The van der Waals surface area contributed by atoms with Crippen LogP contribution in [0, 0.1) is 28.6 Å². The number of hydrogen-bond acceptors (Lipinski definition) is 4. The molecule has 0 aromatic heterocycles. The number of amides is 1. The summed E-state index contributed by atoms with van der Waals surface area (Å²) < 4.78 is 11.1. The van der Waals surface area contributed by atoms with Gasteiger partial charge in [-0.3, -0.25) is 4.79 Å². The van der Waals surface area contributed by atoms with Gasteiger partial charge in [0.2, 0.25) is 5.91 Å². The Morgan fingerprint density at radius 2 is 2.04 bits per heavy atom. The molecule has 1 saturated heterocycles. The minimum absolute atomic E-state index is 0.0721. The zero-order chi connectivity index (χ0) is 19.2. The Labute approximate surface area is 162 Å². The Balaban J connectivity index is 1.50. The van der Waals surface area contributed by atoms with Gasteiger partial charge in [0.25, 0.3) is 0 Å². The van der Waals surface area contributed by atoms with Gasteiger partial charge in [-0.2, -0.15) is 0 Å². The first-order chi connectivity index (χ1) is 12.9. The molecule has 150 valence electrons.